The highest BCUT2D eigenvalue weighted by molar-refractivity contribution is 5.85. The van der Waals surface area contributed by atoms with Crippen LogP contribution in [-0.4, -0.2) is 18.0 Å². The molecule has 0 aliphatic carbocycles. The van der Waals surface area contributed by atoms with Crippen LogP contribution in [-0.2, 0) is 11.2 Å². The molecule has 0 aliphatic heterocycles. The highest BCUT2D eigenvalue weighted by Gasteiger charge is 2.09. The van der Waals surface area contributed by atoms with Gasteiger partial charge in [0.05, 0.1) is 12.6 Å². The number of amides is 1. The van der Waals surface area contributed by atoms with Crippen LogP contribution in [0, 0.1) is 0 Å². The maximum atomic E-state index is 10.9. The van der Waals surface area contributed by atoms with E-state index in [9.17, 15) is 4.79 Å². The minimum atomic E-state index is -0.312. The molecular formula is C13H14N2O2. The molecule has 2 N–H and O–H groups in total. The van der Waals surface area contributed by atoms with Crippen molar-refractivity contribution in [2.75, 3.05) is 7.11 Å². The molecule has 0 atom stereocenters. The molecule has 0 bridgehead atoms. The summed E-state index contributed by atoms with van der Waals surface area (Å²) in [4.78, 5) is 15.1. The van der Waals surface area contributed by atoms with E-state index in [1.807, 2.05) is 24.3 Å². The van der Waals surface area contributed by atoms with Crippen molar-refractivity contribution >= 4 is 16.8 Å². The number of aryl methyl sites for hydroxylation is 1. The van der Waals surface area contributed by atoms with Gasteiger partial charge in [0.15, 0.2) is 0 Å². The molecule has 0 radical (unpaired) electrons. The van der Waals surface area contributed by atoms with Crippen LogP contribution in [0.5, 0.6) is 5.75 Å². The number of fused-ring (bicyclic) bond motifs is 1. The summed E-state index contributed by atoms with van der Waals surface area (Å²) < 4.78 is 5.31. The SMILES string of the molecule is COc1ccc2ncccc2c1CCC(N)=O. The number of carbonyl (C=O) groups is 1. The van der Waals surface area contributed by atoms with Gasteiger partial charge < -0.3 is 10.5 Å². The highest BCUT2D eigenvalue weighted by Crippen LogP contribution is 2.27. The van der Waals surface area contributed by atoms with Crippen molar-refractivity contribution in [3.05, 3.63) is 36.0 Å². The van der Waals surface area contributed by atoms with Gasteiger partial charge in [0.1, 0.15) is 5.75 Å². The third kappa shape index (κ3) is 2.36. The zero-order chi connectivity index (χ0) is 12.3. The number of carbonyl (C=O) groups excluding carboxylic acids is 1. The summed E-state index contributed by atoms with van der Waals surface area (Å²) in [5, 5.41) is 1.01. The number of ether oxygens (including phenoxy) is 1. The van der Waals surface area contributed by atoms with Crippen LogP contribution in [0.25, 0.3) is 10.9 Å². The molecule has 2 aromatic rings. The lowest BCUT2D eigenvalue weighted by Gasteiger charge is -2.10. The molecule has 0 unspecified atom stereocenters. The van der Waals surface area contributed by atoms with Gasteiger partial charge >= 0.3 is 0 Å². The molecule has 88 valence electrons. The number of hydrogen-bond donors (Lipinski definition) is 1. The van der Waals surface area contributed by atoms with Gasteiger partial charge in [-0.1, -0.05) is 6.07 Å². The summed E-state index contributed by atoms with van der Waals surface area (Å²) >= 11 is 0. The fraction of sp³-hybridized carbons (Fsp3) is 0.231. The number of pyridine rings is 1. The van der Waals surface area contributed by atoms with Gasteiger partial charge in [-0.3, -0.25) is 9.78 Å². The van der Waals surface area contributed by atoms with Crippen LogP contribution < -0.4 is 10.5 Å². The second kappa shape index (κ2) is 4.82. The van der Waals surface area contributed by atoms with Gasteiger partial charge in [-0.25, -0.2) is 0 Å². The molecule has 4 nitrogen and oxygen atoms in total. The molecule has 17 heavy (non-hydrogen) atoms. The Kier molecular flexibility index (Phi) is 3.23. The van der Waals surface area contributed by atoms with Gasteiger partial charge in [0.25, 0.3) is 0 Å². The van der Waals surface area contributed by atoms with Crippen LogP contribution >= 0.6 is 0 Å². The van der Waals surface area contributed by atoms with E-state index in [0.717, 1.165) is 22.2 Å². The minimum Gasteiger partial charge on any atom is -0.496 e. The number of hydrogen-bond acceptors (Lipinski definition) is 3. The van der Waals surface area contributed by atoms with Gasteiger partial charge in [-0.2, -0.15) is 0 Å². The summed E-state index contributed by atoms with van der Waals surface area (Å²) in [5.74, 6) is 0.458. The summed E-state index contributed by atoms with van der Waals surface area (Å²) in [7, 11) is 1.62. The topological polar surface area (TPSA) is 65.2 Å². The molecule has 0 spiro atoms. The molecule has 2 rings (SSSR count). The third-order valence-electron chi connectivity index (χ3n) is 2.69. The maximum absolute atomic E-state index is 10.9. The molecule has 1 amide bonds. The third-order valence-corrected chi connectivity index (χ3v) is 2.69. The van der Waals surface area contributed by atoms with E-state index in [2.05, 4.69) is 4.98 Å². The smallest absolute Gasteiger partial charge is 0.217 e. The van der Waals surface area contributed by atoms with Crippen LogP contribution in [0.2, 0.25) is 0 Å². The Morgan fingerprint density at radius 3 is 2.94 bits per heavy atom. The zero-order valence-corrected chi connectivity index (χ0v) is 9.64. The summed E-state index contributed by atoms with van der Waals surface area (Å²) in [6.45, 7) is 0. The van der Waals surface area contributed by atoms with Crippen LogP contribution in [0.1, 0.15) is 12.0 Å². The Bertz CT molecular complexity index is 552. The Labute approximate surface area is 99.4 Å². The lowest BCUT2D eigenvalue weighted by molar-refractivity contribution is -0.117. The van der Waals surface area contributed by atoms with Gasteiger partial charge in [0.2, 0.25) is 5.91 Å². The van der Waals surface area contributed by atoms with Crippen molar-refractivity contribution < 1.29 is 9.53 Å². The number of primary amides is 1. The molecule has 0 saturated carbocycles. The predicted molar refractivity (Wildman–Crippen MR) is 65.8 cm³/mol. The van der Waals surface area contributed by atoms with Crippen molar-refractivity contribution in [3.63, 3.8) is 0 Å². The number of benzene rings is 1. The van der Waals surface area contributed by atoms with Crippen molar-refractivity contribution in [1.82, 2.24) is 4.98 Å². The van der Waals surface area contributed by atoms with Crippen LogP contribution in [0.3, 0.4) is 0 Å². The minimum absolute atomic E-state index is 0.310. The summed E-state index contributed by atoms with van der Waals surface area (Å²) in [6.07, 6.45) is 2.62. The first-order chi connectivity index (χ1) is 8.22. The average Bonchev–Trinajstić information content (AvgIpc) is 2.35. The van der Waals surface area contributed by atoms with E-state index in [1.54, 1.807) is 13.3 Å². The summed E-state index contributed by atoms with van der Waals surface area (Å²) in [6, 6.07) is 7.62. The zero-order valence-electron chi connectivity index (χ0n) is 9.64. The average molecular weight is 230 g/mol. The molecule has 1 aromatic carbocycles. The van der Waals surface area contributed by atoms with Crippen molar-refractivity contribution in [2.24, 2.45) is 5.73 Å². The number of aromatic nitrogens is 1. The Balaban J connectivity index is 2.50. The molecular weight excluding hydrogens is 216 g/mol. The lowest BCUT2D eigenvalue weighted by Crippen LogP contribution is -2.11. The monoisotopic (exact) mass is 230 g/mol. The number of methoxy groups -OCH3 is 1. The Morgan fingerprint density at radius 1 is 1.41 bits per heavy atom. The molecule has 1 aromatic heterocycles. The quantitative estimate of drug-likeness (QED) is 0.868. The number of nitrogens with zero attached hydrogens (tertiary/aromatic N) is 1. The summed E-state index contributed by atoms with van der Waals surface area (Å²) in [5.41, 5.74) is 7.06. The van der Waals surface area contributed by atoms with Crippen LogP contribution in [0.4, 0.5) is 0 Å². The van der Waals surface area contributed by atoms with Gasteiger partial charge in [-0.15, -0.1) is 0 Å². The fourth-order valence-corrected chi connectivity index (χ4v) is 1.89. The van der Waals surface area contributed by atoms with E-state index in [-0.39, 0.29) is 5.91 Å². The van der Waals surface area contributed by atoms with Gasteiger partial charge in [0, 0.05) is 23.6 Å². The largest absolute Gasteiger partial charge is 0.496 e. The first kappa shape index (κ1) is 11.4. The first-order valence-corrected chi connectivity index (χ1v) is 5.41. The van der Waals surface area contributed by atoms with Gasteiger partial charge in [-0.05, 0) is 24.6 Å². The Morgan fingerprint density at radius 2 is 2.24 bits per heavy atom. The van der Waals surface area contributed by atoms with E-state index in [0.29, 0.717) is 12.8 Å². The van der Waals surface area contributed by atoms with Crippen molar-refractivity contribution in [2.45, 2.75) is 12.8 Å². The second-order valence-corrected chi connectivity index (χ2v) is 3.78. The normalized spacial score (nSPS) is 10.4. The molecule has 1 heterocycles. The van der Waals surface area contributed by atoms with E-state index in [4.69, 9.17) is 10.5 Å². The standard InChI is InChI=1S/C13H14N2O2/c1-17-12-6-5-11-9(3-2-8-15-11)10(12)4-7-13(14)16/h2-3,5-6,8H,4,7H2,1H3,(H2,14,16). The van der Waals surface area contributed by atoms with Crippen LogP contribution in [0.15, 0.2) is 30.5 Å². The highest BCUT2D eigenvalue weighted by atomic mass is 16.5. The predicted octanol–water partition coefficient (Wildman–Crippen LogP) is 1.66. The molecule has 0 saturated heterocycles. The number of nitrogens with two attached hydrogens (primary N) is 1. The van der Waals surface area contributed by atoms with E-state index >= 15 is 0 Å². The first-order valence-electron chi connectivity index (χ1n) is 5.41. The molecule has 4 heteroatoms. The second-order valence-electron chi connectivity index (χ2n) is 3.78. The maximum Gasteiger partial charge on any atom is 0.217 e. The number of rotatable bonds is 4. The lowest BCUT2D eigenvalue weighted by atomic mass is 10.0. The molecule has 0 aliphatic rings. The Hall–Kier alpha value is -2.10. The molecule has 0 fully saturated rings. The van der Waals surface area contributed by atoms with Crippen molar-refractivity contribution in [1.29, 1.82) is 0 Å². The van der Waals surface area contributed by atoms with E-state index < -0.39 is 0 Å². The fourth-order valence-electron chi connectivity index (χ4n) is 1.89. The van der Waals surface area contributed by atoms with E-state index in [1.165, 1.54) is 0 Å². The van der Waals surface area contributed by atoms with Crippen molar-refractivity contribution in [3.8, 4) is 5.75 Å².